The van der Waals surface area contributed by atoms with Crippen molar-refractivity contribution in [1.82, 2.24) is 0 Å². The second-order valence-corrected chi connectivity index (χ2v) is 5.12. The van der Waals surface area contributed by atoms with Crippen molar-refractivity contribution in [1.29, 1.82) is 0 Å². The first-order valence-corrected chi connectivity index (χ1v) is 5.92. The highest BCUT2D eigenvalue weighted by Gasteiger charge is 2.40. The van der Waals surface area contributed by atoms with E-state index in [0.29, 0.717) is 0 Å². The molecule has 1 N–H and O–H groups in total. The van der Waals surface area contributed by atoms with Gasteiger partial charge in [-0.3, -0.25) is 0 Å². The highest BCUT2D eigenvalue weighted by molar-refractivity contribution is 9.10. The van der Waals surface area contributed by atoms with E-state index >= 15 is 0 Å². The summed E-state index contributed by atoms with van der Waals surface area (Å²) in [6.45, 7) is 3.78. The van der Waals surface area contributed by atoms with Gasteiger partial charge in [0.15, 0.2) is 0 Å². The fourth-order valence-electron chi connectivity index (χ4n) is 2.16. The van der Waals surface area contributed by atoms with E-state index in [4.69, 9.17) is 9.84 Å². The predicted octanol–water partition coefficient (Wildman–Crippen LogP) is 2.41. The number of aliphatic hydroxyl groups is 1. The number of aryl methyl sites for hydroxylation is 1. The number of hydrogen-bond acceptors (Lipinski definition) is 2. The summed E-state index contributed by atoms with van der Waals surface area (Å²) in [5.74, 6) is 0. The van der Waals surface area contributed by atoms with Gasteiger partial charge in [-0.2, -0.15) is 0 Å². The maximum Gasteiger partial charge on any atom is 0.0586 e. The molecule has 1 aliphatic heterocycles. The van der Waals surface area contributed by atoms with Crippen LogP contribution in [0.25, 0.3) is 0 Å². The molecule has 0 spiro atoms. The second kappa shape index (κ2) is 4.24. The lowest BCUT2D eigenvalue weighted by Crippen LogP contribution is -2.47. The van der Waals surface area contributed by atoms with Crippen LogP contribution in [0, 0.1) is 6.92 Å². The third-order valence-electron chi connectivity index (χ3n) is 3.12. The average Bonchev–Trinajstić information content (AvgIpc) is 2.16. The van der Waals surface area contributed by atoms with E-state index in [0.717, 1.165) is 24.1 Å². The van der Waals surface area contributed by atoms with Crippen LogP contribution in [0.5, 0.6) is 0 Å². The Morgan fingerprint density at radius 3 is 2.73 bits per heavy atom. The molecular formula is C12H15BrO2. The van der Waals surface area contributed by atoms with Gasteiger partial charge in [0.1, 0.15) is 0 Å². The molecule has 0 amide bonds. The summed E-state index contributed by atoms with van der Waals surface area (Å²) in [6.07, 6.45) is 0.782. The standard InChI is InChI=1S/C12H15BrO2/c1-9-2-3-10(13)6-11(9)12(4-5-14)7-15-8-12/h2-3,6,14H,4-5,7-8H2,1H3. The van der Waals surface area contributed by atoms with Crippen LogP contribution in [0.15, 0.2) is 22.7 Å². The van der Waals surface area contributed by atoms with Crippen LogP contribution in [0.4, 0.5) is 0 Å². The van der Waals surface area contributed by atoms with E-state index in [2.05, 4.69) is 35.0 Å². The average molecular weight is 271 g/mol. The molecule has 15 heavy (non-hydrogen) atoms. The normalized spacial score (nSPS) is 18.6. The summed E-state index contributed by atoms with van der Waals surface area (Å²) >= 11 is 3.49. The van der Waals surface area contributed by atoms with E-state index in [-0.39, 0.29) is 12.0 Å². The van der Waals surface area contributed by atoms with Gasteiger partial charge in [0.05, 0.1) is 13.2 Å². The Labute approximate surface area is 98.4 Å². The highest BCUT2D eigenvalue weighted by Crippen LogP contribution is 2.38. The number of rotatable bonds is 3. The summed E-state index contributed by atoms with van der Waals surface area (Å²) in [5.41, 5.74) is 2.62. The van der Waals surface area contributed by atoms with E-state index < -0.39 is 0 Å². The molecule has 2 nitrogen and oxygen atoms in total. The fourth-order valence-corrected chi connectivity index (χ4v) is 2.52. The van der Waals surface area contributed by atoms with E-state index in [1.807, 2.05) is 6.07 Å². The van der Waals surface area contributed by atoms with Crippen molar-refractivity contribution in [2.75, 3.05) is 19.8 Å². The Morgan fingerprint density at radius 2 is 2.20 bits per heavy atom. The third kappa shape index (κ3) is 1.96. The van der Waals surface area contributed by atoms with Gasteiger partial charge in [-0.15, -0.1) is 0 Å². The molecule has 1 heterocycles. The quantitative estimate of drug-likeness (QED) is 0.914. The van der Waals surface area contributed by atoms with Gasteiger partial charge in [-0.05, 0) is 36.6 Å². The zero-order valence-electron chi connectivity index (χ0n) is 8.79. The predicted molar refractivity (Wildman–Crippen MR) is 63.1 cm³/mol. The largest absolute Gasteiger partial charge is 0.396 e. The van der Waals surface area contributed by atoms with Crippen molar-refractivity contribution < 1.29 is 9.84 Å². The molecule has 0 bridgehead atoms. The van der Waals surface area contributed by atoms with Crippen molar-refractivity contribution >= 4 is 15.9 Å². The van der Waals surface area contributed by atoms with Crippen molar-refractivity contribution in [3.05, 3.63) is 33.8 Å². The van der Waals surface area contributed by atoms with Crippen molar-refractivity contribution in [3.8, 4) is 0 Å². The Bertz CT molecular complexity index is 359. The Balaban J connectivity index is 2.37. The monoisotopic (exact) mass is 270 g/mol. The number of halogens is 1. The van der Waals surface area contributed by atoms with E-state index in [1.54, 1.807) is 0 Å². The van der Waals surface area contributed by atoms with Gasteiger partial charge in [0.2, 0.25) is 0 Å². The zero-order chi connectivity index (χ0) is 10.9. The molecule has 1 aromatic carbocycles. The van der Waals surface area contributed by atoms with Crippen LogP contribution in [-0.2, 0) is 10.2 Å². The van der Waals surface area contributed by atoms with Crippen LogP contribution < -0.4 is 0 Å². The lowest BCUT2D eigenvalue weighted by Gasteiger charge is -2.42. The highest BCUT2D eigenvalue weighted by atomic mass is 79.9. The smallest absolute Gasteiger partial charge is 0.0586 e. The summed E-state index contributed by atoms with van der Waals surface area (Å²) in [5, 5.41) is 9.12. The van der Waals surface area contributed by atoms with Crippen LogP contribution in [0.1, 0.15) is 17.5 Å². The topological polar surface area (TPSA) is 29.5 Å². The Hall–Kier alpha value is -0.380. The Morgan fingerprint density at radius 1 is 1.47 bits per heavy atom. The number of hydrogen-bond donors (Lipinski definition) is 1. The Kier molecular flexibility index (Phi) is 3.14. The van der Waals surface area contributed by atoms with Gasteiger partial charge in [-0.25, -0.2) is 0 Å². The third-order valence-corrected chi connectivity index (χ3v) is 3.61. The molecule has 1 aliphatic rings. The molecule has 0 atom stereocenters. The van der Waals surface area contributed by atoms with Crippen LogP contribution in [-0.4, -0.2) is 24.9 Å². The molecule has 0 saturated carbocycles. The maximum atomic E-state index is 9.12. The van der Waals surface area contributed by atoms with Crippen LogP contribution >= 0.6 is 15.9 Å². The molecule has 2 rings (SSSR count). The van der Waals surface area contributed by atoms with Crippen LogP contribution in [0.3, 0.4) is 0 Å². The molecule has 0 aromatic heterocycles. The summed E-state index contributed by atoms with van der Waals surface area (Å²) in [6, 6.07) is 6.30. The van der Waals surface area contributed by atoms with Crippen LogP contribution in [0.2, 0.25) is 0 Å². The van der Waals surface area contributed by atoms with Gasteiger partial charge in [0.25, 0.3) is 0 Å². The second-order valence-electron chi connectivity index (χ2n) is 4.21. The zero-order valence-corrected chi connectivity index (χ0v) is 10.4. The van der Waals surface area contributed by atoms with Gasteiger partial charge in [0, 0.05) is 16.5 Å². The molecule has 0 radical (unpaired) electrons. The SMILES string of the molecule is Cc1ccc(Br)cc1C1(CCO)COC1. The summed E-state index contributed by atoms with van der Waals surface area (Å²) in [7, 11) is 0. The van der Waals surface area contributed by atoms with E-state index in [1.165, 1.54) is 11.1 Å². The minimum atomic E-state index is 0.0443. The molecule has 82 valence electrons. The first kappa shape index (κ1) is 11.1. The fraction of sp³-hybridized carbons (Fsp3) is 0.500. The molecule has 0 aliphatic carbocycles. The minimum Gasteiger partial charge on any atom is -0.396 e. The first-order valence-electron chi connectivity index (χ1n) is 5.13. The van der Waals surface area contributed by atoms with Gasteiger partial charge < -0.3 is 9.84 Å². The van der Waals surface area contributed by atoms with Gasteiger partial charge in [-0.1, -0.05) is 22.0 Å². The molecule has 0 unspecified atom stereocenters. The summed E-state index contributed by atoms with van der Waals surface area (Å²) < 4.78 is 6.40. The maximum absolute atomic E-state index is 9.12. The van der Waals surface area contributed by atoms with Crippen molar-refractivity contribution in [2.45, 2.75) is 18.8 Å². The minimum absolute atomic E-state index is 0.0443. The lowest BCUT2D eigenvalue weighted by molar-refractivity contribution is -0.0704. The molecule has 1 fully saturated rings. The molecule has 1 saturated heterocycles. The van der Waals surface area contributed by atoms with Crippen molar-refractivity contribution in [2.24, 2.45) is 0 Å². The lowest BCUT2D eigenvalue weighted by atomic mass is 9.74. The summed E-state index contributed by atoms with van der Waals surface area (Å²) in [4.78, 5) is 0. The van der Waals surface area contributed by atoms with Gasteiger partial charge >= 0.3 is 0 Å². The molecule has 1 aromatic rings. The number of aliphatic hydroxyl groups excluding tert-OH is 1. The van der Waals surface area contributed by atoms with Crippen molar-refractivity contribution in [3.63, 3.8) is 0 Å². The number of ether oxygens (including phenoxy) is 1. The molecular weight excluding hydrogens is 256 g/mol. The first-order chi connectivity index (χ1) is 7.18. The van der Waals surface area contributed by atoms with E-state index in [9.17, 15) is 0 Å². The molecule has 3 heteroatoms. The number of benzene rings is 1.